The maximum absolute atomic E-state index is 12.7. The molecule has 7 heteroatoms. The van der Waals surface area contributed by atoms with Gasteiger partial charge in [-0.05, 0) is 24.3 Å². The number of anilines is 1. The summed E-state index contributed by atoms with van der Waals surface area (Å²) in [6.45, 7) is 1.11. The third kappa shape index (κ3) is 3.49. The molecule has 0 atom stereocenters. The molecule has 1 fully saturated rings. The van der Waals surface area contributed by atoms with Crippen molar-refractivity contribution in [2.75, 3.05) is 18.0 Å². The fourth-order valence-electron chi connectivity index (χ4n) is 2.58. The van der Waals surface area contributed by atoms with Gasteiger partial charge >= 0.3 is 6.18 Å². The molecule has 0 saturated carbocycles. The molecule has 1 aliphatic heterocycles. The van der Waals surface area contributed by atoms with Crippen molar-refractivity contribution in [3.63, 3.8) is 0 Å². The molecule has 3 rings (SSSR count). The molecular weight excluding hydrogens is 307 g/mol. The van der Waals surface area contributed by atoms with E-state index in [4.69, 9.17) is 0 Å². The molecule has 0 unspecified atom stereocenters. The molecule has 0 amide bonds. The molecule has 2 aromatic rings. The Morgan fingerprint density at radius 3 is 2.61 bits per heavy atom. The average molecular weight is 321 g/mol. The lowest BCUT2D eigenvalue weighted by Gasteiger charge is -2.41. The summed E-state index contributed by atoms with van der Waals surface area (Å²) in [4.78, 5) is 21.2. The van der Waals surface area contributed by atoms with E-state index in [0.29, 0.717) is 30.9 Å². The molecule has 4 nitrogen and oxygen atoms in total. The van der Waals surface area contributed by atoms with Crippen LogP contribution in [0.1, 0.15) is 22.6 Å². The number of carbonyl (C=O) groups excluding carboxylic acids is 1. The van der Waals surface area contributed by atoms with Gasteiger partial charge in [0.15, 0.2) is 5.78 Å². The second kappa shape index (κ2) is 5.98. The number of halogens is 3. The van der Waals surface area contributed by atoms with E-state index in [-0.39, 0.29) is 11.7 Å². The first-order valence-corrected chi connectivity index (χ1v) is 7.16. The Morgan fingerprint density at radius 1 is 1.17 bits per heavy atom. The van der Waals surface area contributed by atoms with Gasteiger partial charge in [0.25, 0.3) is 0 Å². The number of pyridine rings is 2. The third-order valence-corrected chi connectivity index (χ3v) is 3.78. The molecule has 23 heavy (non-hydrogen) atoms. The van der Waals surface area contributed by atoms with Gasteiger partial charge in [-0.25, -0.2) is 0 Å². The minimum Gasteiger partial charge on any atom is -0.371 e. The number of rotatable bonds is 4. The summed E-state index contributed by atoms with van der Waals surface area (Å²) < 4.78 is 38.0. The molecule has 1 aliphatic rings. The smallest absolute Gasteiger partial charge is 0.371 e. The molecule has 0 spiro atoms. The van der Waals surface area contributed by atoms with Gasteiger partial charge in [0.05, 0.1) is 0 Å². The van der Waals surface area contributed by atoms with Crippen LogP contribution in [-0.2, 0) is 6.18 Å². The van der Waals surface area contributed by atoms with E-state index in [1.807, 2.05) is 4.90 Å². The average Bonchev–Trinajstić information content (AvgIpc) is 2.50. The lowest BCUT2D eigenvalue weighted by atomic mass is 9.92. The first-order valence-electron chi connectivity index (χ1n) is 7.16. The van der Waals surface area contributed by atoms with Crippen LogP contribution in [0.5, 0.6) is 0 Å². The first kappa shape index (κ1) is 15.5. The zero-order valence-corrected chi connectivity index (χ0v) is 12.1. The Bertz CT molecular complexity index is 697. The summed E-state index contributed by atoms with van der Waals surface area (Å²) in [7, 11) is 0. The quantitative estimate of drug-likeness (QED) is 0.811. The molecule has 0 aromatic carbocycles. The van der Waals surface area contributed by atoms with Gasteiger partial charge in [-0.2, -0.15) is 13.2 Å². The fraction of sp³-hybridized carbons (Fsp3) is 0.312. The van der Waals surface area contributed by atoms with Gasteiger partial charge in [0.1, 0.15) is 11.4 Å². The van der Waals surface area contributed by atoms with E-state index in [1.54, 1.807) is 30.5 Å². The normalized spacial score (nSPS) is 15.3. The van der Waals surface area contributed by atoms with Crippen molar-refractivity contribution in [3.8, 4) is 0 Å². The van der Waals surface area contributed by atoms with Crippen molar-refractivity contribution < 1.29 is 18.0 Å². The number of Topliss-reactive ketones (excluding diaryl/α,β-unsaturated/α-hetero) is 1. The fourth-order valence-corrected chi connectivity index (χ4v) is 2.58. The maximum atomic E-state index is 12.7. The first-order chi connectivity index (χ1) is 10.9. The molecule has 0 aliphatic carbocycles. The van der Waals surface area contributed by atoms with E-state index < -0.39 is 11.9 Å². The van der Waals surface area contributed by atoms with E-state index in [2.05, 4.69) is 9.97 Å². The topological polar surface area (TPSA) is 46.1 Å². The Morgan fingerprint density at radius 2 is 1.96 bits per heavy atom. The summed E-state index contributed by atoms with van der Waals surface area (Å²) in [5, 5.41) is 0. The van der Waals surface area contributed by atoms with Gasteiger partial charge in [-0.3, -0.25) is 14.8 Å². The van der Waals surface area contributed by atoms with Crippen LogP contribution in [0, 0.1) is 5.92 Å². The maximum Gasteiger partial charge on any atom is 0.433 e. The lowest BCUT2D eigenvalue weighted by molar-refractivity contribution is -0.141. The highest BCUT2D eigenvalue weighted by molar-refractivity contribution is 5.94. The zero-order valence-electron chi connectivity index (χ0n) is 12.1. The van der Waals surface area contributed by atoms with Crippen LogP contribution < -0.4 is 4.90 Å². The number of hydrogen-bond acceptors (Lipinski definition) is 4. The standard InChI is InChI=1S/C16H14F3N3O/c17-16(18,19)15-8-12(4-6-21-15)22-9-11(10-22)7-14(23)13-3-1-2-5-20-13/h1-6,8,11H,7,9-10H2. The highest BCUT2D eigenvalue weighted by Crippen LogP contribution is 2.32. The summed E-state index contributed by atoms with van der Waals surface area (Å²) in [6.07, 6.45) is -1.37. The molecule has 1 saturated heterocycles. The number of hydrogen-bond donors (Lipinski definition) is 0. The number of aromatic nitrogens is 2. The summed E-state index contributed by atoms with van der Waals surface area (Å²) in [5.41, 5.74) is 0.00564. The Labute approximate surface area is 131 Å². The second-order valence-corrected chi connectivity index (χ2v) is 5.51. The van der Waals surface area contributed by atoms with Crippen molar-refractivity contribution in [2.24, 2.45) is 5.92 Å². The number of carbonyl (C=O) groups is 1. The number of nitrogens with zero attached hydrogens (tertiary/aromatic N) is 3. The minimum atomic E-state index is -4.45. The third-order valence-electron chi connectivity index (χ3n) is 3.78. The van der Waals surface area contributed by atoms with Gasteiger partial charge in [-0.15, -0.1) is 0 Å². The minimum absolute atomic E-state index is 0.0408. The molecule has 0 N–H and O–H groups in total. The van der Waals surface area contributed by atoms with Crippen LogP contribution in [0.3, 0.4) is 0 Å². The number of alkyl halides is 3. The van der Waals surface area contributed by atoms with Crippen LogP contribution in [0.15, 0.2) is 42.7 Å². The van der Waals surface area contributed by atoms with Crippen LogP contribution >= 0.6 is 0 Å². The monoisotopic (exact) mass is 321 g/mol. The second-order valence-electron chi connectivity index (χ2n) is 5.51. The van der Waals surface area contributed by atoms with Crippen LogP contribution in [0.4, 0.5) is 18.9 Å². The molecule has 120 valence electrons. The molecule has 2 aromatic heterocycles. The Hall–Kier alpha value is -2.44. The van der Waals surface area contributed by atoms with E-state index in [1.165, 1.54) is 0 Å². The van der Waals surface area contributed by atoms with Gasteiger partial charge in [0.2, 0.25) is 0 Å². The van der Waals surface area contributed by atoms with Crippen molar-refractivity contribution in [1.82, 2.24) is 9.97 Å². The molecule has 0 radical (unpaired) electrons. The number of ketones is 1. The Kier molecular flexibility index (Phi) is 4.02. The van der Waals surface area contributed by atoms with Crippen molar-refractivity contribution in [2.45, 2.75) is 12.6 Å². The predicted molar refractivity (Wildman–Crippen MR) is 78.1 cm³/mol. The molecular formula is C16H14F3N3O. The molecule has 0 bridgehead atoms. The zero-order chi connectivity index (χ0) is 16.4. The summed E-state index contributed by atoms with van der Waals surface area (Å²) in [6, 6.07) is 7.74. The molecule has 3 heterocycles. The van der Waals surface area contributed by atoms with Crippen LogP contribution in [-0.4, -0.2) is 28.8 Å². The van der Waals surface area contributed by atoms with Crippen molar-refractivity contribution in [3.05, 3.63) is 54.1 Å². The highest BCUT2D eigenvalue weighted by atomic mass is 19.4. The van der Waals surface area contributed by atoms with Crippen LogP contribution in [0.25, 0.3) is 0 Å². The van der Waals surface area contributed by atoms with Gasteiger partial charge in [-0.1, -0.05) is 6.07 Å². The largest absolute Gasteiger partial charge is 0.433 e. The van der Waals surface area contributed by atoms with Gasteiger partial charge in [0, 0.05) is 43.5 Å². The Balaban J connectivity index is 1.58. The van der Waals surface area contributed by atoms with E-state index in [0.717, 1.165) is 12.3 Å². The lowest BCUT2D eigenvalue weighted by Crippen LogP contribution is -2.47. The van der Waals surface area contributed by atoms with Crippen molar-refractivity contribution in [1.29, 1.82) is 0 Å². The predicted octanol–water partition coefficient (Wildman–Crippen LogP) is 3.20. The van der Waals surface area contributed by atoms with Gasteiger partial charge < -0.3 is 4.90 Å². The summed E-state index contributed by atoms with van der Waals surface area (Å²) >= 11 is 0. The van der Waals surface area contributed by atoms with Crippen molar-refractivity contribution >= 4 is 11.5 Å². The summed E-state index contributed by atoms with van der Waals surface area (Å²) in [5.74, 6) is 0.0907. The highest BCUT2D eigenvalue weighted by Gasteiger charge is 2.34. The van der Waals surface area contributed by atoms with E-state index in [9.17, 15) is 18.0 Å². The SMILES string of the molecule is O=C(CC1CN(c2ccnc(C(F)(F)F)c2)C1)c1ccccn1. The van der Waals surface area contributed by atoms with E-state index >= 15 is 0 Å². The van der Waals surface area contributed by atoms with Crippen LogP contribution in [0.2, 0.25) is 0 Å².